The van der Waals surface area contributed by atoms with E-state index in [1.807, 2.05) is 11.4 Å². The monoisotopic (exact) mass is 335 g/mol. The maximum absolute atomic E-state index is 11.9. The highest BCUT2D eigenvalue weighted by Crippen LogP contribution is 2.32. The van der Waals surface area contributed by atoms with Crippen molar-refractivity contribution in [2.24, 2.45) is 11.8 Å². The second-order valence-corrected chi connectivity index (χ2v) is 7.05. The summed E-state index contributed by atoms with van der Waals surface area (Å²) in [5.74, 6) is 1.86. The molecule has 0 aromatic carbocycles. The van der Waals surface area contributed by atoms with Gasteiger partial charge < -0.3 is 5.32 Å². The lowest BCUT2D eigenvalue weighted by Gasteiger charge is -2.17. The van der Waals surface area contributed by atoms with Crippen molar-refractivity contribution in [3.63, 3.8) is 0 Å². The van der Waals surface area contributed by atoms with E-state index in [1.165, 1.54) is 30.6 Å². The zero-order valence-corrected chi connectivity index (χ0v) is 12.6. The summed E-state index contributed by atoms with van der Waals surface area (Å²) in [7, 11) is 0. The Labute approximate surface area is 119 Å². The van der Waals surface area contributed by atoms with Crippen molar-refractivity contribution in [2.75, 3.05) is 12.4 Å². The minimum Gasteiger partial charge on any atom is -0.352 e. The lowest BCUT2D eigenvalue weighted by atomic mass is 9.98. The molecule has 0 aliphatic heterocycles. The first-order valence-electron chi connectivity index (χ1n) is 5.79. The molecule has 2 atom stereocenters. The molecule has 0 saturated heterocycles. The Bertz CT molecular complexity index is 396. The molecule has 94 valence electrons. The van der Waals surface area contributed by atoms with Crippen LogP contribution in [0.25, 0.3) is 0 Å². The van der Waals surface area contributed by atoms with Crippen molar-refractivity contribution >= 4 is 44.8 Å². The molecule has 1 aromatic rings. The summed E-state index contributed by atoms with van der Waals surface area (Å²) in [4.78, 5) is 11.9. The fourth-order valence-corrected chi connectivity index (χ4v) is 3.88. The van der Waals surface area contributed by atoms with Crippen molar-refractivity contribution in [3.8, 4) is 0 Å². The molecule has 0 spiro atoms. The number of nitrogens with one attached hydrogen (secondary N) is 1. The first-order chi connectivity index (χ1) is 8.20. The van der Waals surface area contributed by atoms with Gasteiger partial charge in [-0.15, -0.1) is 22.9 Å². The lowest BCUT2D eigenvalue weighted by Crippen LogP contribution is -2.30. The third-order valence-electron chi connectivity index (χ3n) is 3.37. The molecule has 5 heteroatoms. The molecule has 17 heavy (non-hydrogen) atoms. The van der Waals surface area contributed by atoms with E-state index in [4.69, 9.17) is 11.6 Å². The molecule has 1 saturated carbocycles. The van der Waals surface area contributed by atoms with Crippen LogP contribution in [0.15, 0.2) is 15.2 Å². The number of carbonyl (C=O) groups is 1. The van der Waals surface area contributed by atoms with Crippen molar-refractivity contribution in [3.05, 3.63) is 20.8 Å². The van der Waals surface area contributed by atoms with Crippen molar-refractivity contribution in [2.45, 2.75) is 19.3 Å². The number of halogens is 2. The van der Waals surface area contributed by atoms with Gasteiger partial charge in [-0.05, 0) is 46.7 Å². The fraction of sp³-hybridized carbons (Fsp3) is 0.583. The van der Waals surface area contributed by atoms with E-state index in [-0.39, 0.29) is 5.91 Å². The van der Waals surface area contributed by atoms with Crippen molar-refractivity contribution < 1.29 is 4.79 Å². The molecule has 2 unspecified atom stereocenters. The first-order valence-corrected chi connectivity index (χ1v) is 7.99. The zero-order chi connectivity index (χ0) is 12.3. The molecule has 2 rings (SSSR count). The largest absolute Gasteiger partial charge is 0.352 e. The first kappa shape index (κ1) is 13.4. The predicted molar refractivity (Wildman–Crippen MR) is 75.9 cm³/mol. The summed E-state index contributed by atoms with van der Waals surface area (Å²) >= 11 is 10.8. The van der Waals surface area contributed by atoms with Crippen LogP contribution in [0.1, 0.15) is 29.6 Å². The SMILES string of the molecule is O=C(NCC1CCCC1CCl)c1csc(Br)c1. The van der Waals surface area contributed by atoms with Crippen LogP contribution in [0.5, 0.6) is 0 Å². The number of thiophene rings is 1. The average molecular weight is 337 g/mol. The number of hydrogen-bond donors (Lipinski definition) is 1. The van der Waals surface area contributed by atoms with Crippen LogP contribution < -0.4 is 5.32 Å². The highest BCUT2D eigenvalue weighted by atomic mass is 79.9. The minimum atomic E-state index is 0.0205. The van der Waals surface area contributed by atoms with E-state index < -0.39 is 0 Å². The molecule has 1 fully saturated rings. The molecule has 1 aliphatic carbocycles. The van der Waals surface area contributed by atoms with Crippen LogP contribution in [0.2, 0.25) is 0 Å². The minimum absolute atomic E-state index is 0.0205. The lowest BCUT2D eigenvalue weighted by molar-refractivity contribution is 0.0945. The van der Waals surface area contributed by atoms with Gasteiger partial charge in [0.1, 0.15) is 0 Å². The summed E-state index contributed by atoms with van der Waals surface area (Å²) in [6.45, 7) is 0.754. The van der Waals surface area contributed by atoms with E-state index in [2.05, 4.69) is 21.2 Å². The van der Waals surface area contributed by atoms with Crippen LogP contribution in [0, 0.1) is 11.8 Å². The topological polar surface area (TPSA) is 29.1 Å². The molecular weight excluding hydrogens is 322 g/mol. The quantitative estimate of drug-likeness (QED) is 0.830. The fourth-order valence-electron chi connectivity index (χ4n) is 2.34. The molecule has 0 bridgehead atoms. The van der Waals surface area contributed by atoms with Crippen LogP contribution in [-0.2, 0) is 0 Å². The number of carbonyl (C=O) groups excluding carboxylic acids is 1. The molecule has 1 aromatic heterocycles. The Morgan fingerprint density at radius 1 is 1.53 bits per heavy atom. The third kappa shape index (κ3) is 3.46. The zero-order valence-electron chi connectivity index (χ0n) is 9.42. The summed E-state index contributed by atoms with van der Waals surface area (Å²) < 4.78 is 0.988. The standard InChI is InChI=1S/C12H15BrClNOS/c13-11-4-10(7-17-11)12(16)15-6-9-3-1-2-8(9)5-14/h4,7-9H,1-3,5-6H2,(H,15,16). The van der Waals surface area contributed by atoms with Gasteiger partial charge in [-0.3, -0.25) is 4.79 Å². The molecule has 0 radical (unpaired) electrons. The smallest absolute Gasteiger partial charge is 0.252 e. The molecule has 1 aliphatic rings. The van der Waals surface area contributed by atoms with E-state index >= 15 is 0 Å². The number of rotatable bonds is 4. The summed E-state index contributed by atoms with van der Waals surface area (Å²) in [5, 5.41) is 4.87. The second-order valence-electron chi connectivity index (χ2n) is 4.45. The third-order valence-corrected chi connectivity index (χ3v) is 5.27. The highest BCUT2D eigenvalue weighted by Gasteiger charge is 2.26. The maximum atomic E-state index is 11.9. The predicted octanol–water partition coefficient (Wildman–Crippen LogP) is 3.90. The maximum Gasteiger partial charge on any atom is 0.252 e. The van der Waals surface area contributed by atoms with Crippen molar-refractivity contribution in [1.29, 1.82) is 0 Å². The van der Waals surface area contributed by atoms with Gasteiger partial charge in [0, 0.05) is 17.8 Å². The van der Waals surface area contributed by atoms with Gasteiger partial charge in [-0.1, -0.05) is 6.42 Å². The van der Waals surface area contributed by atoms with Gasteiger partial charge in [-0.25, -0.2) is 0 Å². The molecule has 1 amide bonds. The normalized spacial score (nSPS) is 23.9. The highest BCUT2D eigenvalue weighted by molar-refractivity contribution is 9.11. The van der Waals surface area contributed by atoms with Crippen LogP contribution in [0.4, 0.5) is 0 Å². The van der Waals surface area contributed by atoms with E-state index in [0.717, 1.165) is 15.9 Å². The Hall–Kier alpha value is -0.0600. The van der Waals surface area contributed by atoms with Gasteiger partial charge in [0.15, 0.2) is 0 Å². The molecule has 1 heterocycles. The Morgan fingerprint density at radius 3 is 2.94 bits per heavy atom. The van der Waals surface area contributed by atoms with Crippen LogP contribution in [-0.4, -0.2) is 18.3 Å². The Morgan fingerprint density at radius 2 is 2.29 bits per heavy atom. The van der Waals surface area contributed by atoms with Gasteiger partial charge in [0.05, 0.1) is 9.35 Å². The molecule has 2 nitrogen and oxygen atoms in total. The van der Waals surface area contributed by atoms with Crippen LogP contribution >= 0.6 is 38.9 Å². The Kier molecular flexibility index (Phi) is 4.88. The number of alkyl halides is 1. The number of amides is 1. The van der Waals surface area contributed by atoms with Crippen molar-refractivity contribution in [1.82, 2.24) is 5.32 Å². The molecular formula is C12H15BrClNOS. The van der Waals surface area contributed by atoms with Gasteiger partial charge in [-0.2, -0.15) is 0 Å². The van der Waals surface area contributed by atoms with Gasteiger partial charge >= 0.3 is 0 Å². The van der Waals surface area contributed by atoms with Crippen LogP contribution in [0.3, 0.4) is 0 Å². The summed E-state index contributed by atoms with van der Waals surface area (Å²) in [6, 6.07) is 1.85. The molecule has 1 N–H and O–H groups in total. The number of hydrogen-bond acceptors (Lipinski definition) is 2. The second kappa shape index (κ2) is 6.21. The average Bonchev–Trinajstić information content (AvgIpc) is 2.94. The van der Waals surface area contributed by atoms with E-state index in [1.54, 1.807) is 0 Å². The van der Waals surface area contributed by atoms with Gasteiger partial charge in [0.25, 0.3) is 5.91 Å². The van der Waals surface area contributed by atoms with Gasteiger partial charge in [0.2, 0.25) is 0 Å². The Balaban J connectivity index is 1.84. The van der Waals surface area contributed by atoms with E-state index in [0.29, 0.717) is 17.7 Å². The van der Waals surface area contributed by atoms with E-state index in [9.17, 15) is 4.79 Å². The summed E-state index contributed by atoms with van der Waals surface area (Å²) in [5.41, 5.74) is 0.738. The summed E-state index contributed by atoms with van der Waals surface area (Å²) in [6.07, 6.45) is 3.63.